The third-order valence-electron chi connectivity index (χ3n) is 7.33. The number of hydrogen-bond acceptors (Lipinski definition) is 4. The third kappa shape index (κ3) is 3.75. The standard InChI is InChI=1S/C26H29N3O4/c1-33-19-11-9-16(10-12-19)14-28-15-18-13-22(24(27)30)29(25(31)17-5-2-3-6-17)21-8-4-7-20(23(18)21)26(28)32/h4,7-12,17-18,22H,2-3,5-6,13-15H2,1H3,(H2,27,30)/t18-,22-/m0/s1. The van der Waals surface area contributed by atoms with Gasteiger partial charge in [-0.05, 0) is 54.7 Å². The number of hydrogen-bond donors (Lipinski definition) is 1. The van der Waals surface area contributed by atoms with E-state index in [4.69, 9.17) is 10.5 Å². The van der Waals surface area contributed by atoms with Crippen LogP contribution in [0.5, 0.6) is 5.75 Å². The highest BCUT2D eigenvalue weighted by Gasteiger charge is 2.45. The molecule has 1 saturated carbocycles. The minimum absolute atomic E-state index is 0.0312. The van der Waals surface area contributed by atoms with Crippen molar-refractivity contribution in [1.29, 1.82) is 0 Å². The second kappa shape index (κ2) is 8.54. The Morgan fingerprint density at radius 2 is 1.82 bits per heavy atom. The van der Waals surface area contributed by atoms with Crippen LogP contribution in [0.25, 0.3) is 0 Å². The summed E-state index contributed by atoms with van der Waals surface area (Å²) in [5.41, 5.74) is 9.00. The summed E-state index contributed by atoms with van der Waals surface area (Å²) < 4.78 is 5.23. The number of methoxy groups -OCH3 is 1. The number of benzene rings is 2. The van der Waals surface area contributed by atoms with Gasteiger partial charge >= 0.3 is 0 Å². The molecule has 0 spiro atoms. The Morgan fingerprint density at radius 1 is 1.09 bits per heavy atom. The number of nitrogens with zero attached hydrogens (tertiary/aromatic N) is 2. The van der Waals surface area contributed by atoms with Gasteiger partial charge in [0, 0.05) is 36.2 Å². The predicted molar refractivity (Wildman–Crippen MR) is 124 cm³/mol. The van der Waals surface area contributed by atoms with Gasteiger partial charge < -0.3 is 15.4 Å². The van der Waals surface area contributed by atoms with Crippen LogP contribution in [0.2, 0.25) is 0 Å². The van der Waals surface area contributed by atoms with Gasteiger partial charge in [0.05, 0.1) is 7.11 Å². The molecular weight excluding hydrogens is 418 g/mol. The van der Waals surface area contributed by atoms with E-state index in [1.807, 2.05) is 41.3 Å². The van der Waals surface area contributed by atoms with Crippen molar-refractivity contribution in [2.75, 3.05) is 18.6 Å². The molecule has 3 amide bonds. The third-order valence-corrected chi connectivity index (χ3v) is 7.33. The molecule has 172 valence electrons. The number of nitrogens with two attached hydrogens (primary N) is 1. The summed E-state index contributed by atoms with van der Waals surface area (Å²) in [5, 5.41) is 0. The van der Waals surface area contributed by atoms with Crippen molar-refractivity contribution in [3.63, 3.8) is 0 Å². The van der Waals surface area contributed by atoms with Crippen LogP contribution in [0.15, 0.2) is 42.5 Å². The largest absolute Gasteiger partial charge is 0.497 e. The van der Waals surface area contributed by atoms with E-state index in [1.54, 1.807) is 18.1 Å². The lowest BCUT2D eigenvalue weighted by Crippen LogP contribution is -2.55. The summed E-state index contributed by atoms with van der Waals surface area (Å²) in [6.45, 7) is 0.957. The molecule has 0 bridgehead atoms. The van der Waals surface area contributed by atoms with Crippen LogP contribution in [-0.2, 0) is 16.1 Å². The normalized spacial score (nSPS) is 22.3. The number of primary amides is 1. The molecule has 0 saturated heterocycles. The molecule has 33 heavy (non-hydrogen) atoms. The Bertz CT molecular complexity index is 1090. The summed E-state index contributed by atoms with van der Waals surface area (Å²) in [5.74, 6) is 0.0710. The monoisotopic (exact) mass is 447 g/mol. The van der Waals surface area contributed by atoms with Crippen LogP contribution in [0, 0.1) is 5.92 Å². The Labute approximate surface area is 193 Å². The quantitative estimate of drug-likeness (QED) is 0.762. The zero-order valence-corrected chi connectivity index (χ0v) is 18.8. The van der Waals surface area contributed by atoms with Crippen LogP contribution in [-0.4, -0.2) is 42.3 Å². The van der Waals surface area contributed by atoms with Gasteiger partial charge in [0.15, 0.2) is 0 Å². The van der Waals surface area contributed by atoms with E-state index in [0.717, 1.165) is 42.6 Å². The summed E-state index contributed by atoms with van der Waals surface area (Å²) >= 11 is 0. The maximum absolute atomic E-state index is 13.5. The highest BCUT2D eigenvalue weighted by Crippen LogP contribution is 2.45. The average molecular weight is 448 g/mol. The molecule has 2 atom stereocenters. The SMILES string of the molecule is COc1ccc(CN2C[C@@H]3C[C@@H](C(N)=O)N(C(=O)C4CCCC4)c4cccc(c43)C2=O)cc1. The van der Waals surface area contributed by atoms with E-state index in [9.17, 15) is 14.4 Å². The van der Waals surface area contributed by atoms with Gasteiger partial charge in [0.25, 0.3) is 5.91 Å². The summed E-state index contributed by atoms with van der Waals surface area (Å²) in [4.78, 5) is 42.8. The molecule has 1 aliphatic carbocycles. The molecule has 0 unspecified atom stereocenters. The van der Waals surface area contributed by atoms with Gasteiger partial charge in [-0.1, -0.05) is 31.0 Å². The summed E-state index contributed by atoms with van der Waals surface area (Å²) in [6, 6.07) is 12.5. The van der Waals surface area contributed by atoms with Gasteiger partial charge in [-0.3, -0.25) is 19.3 Å². The summed E-state index contributed by atoms with van der Waals surface area (Å²) in [6.07, 6.45) is 4.17. The van der Waals surface area contributed by atoms with Crippen LogP contribution in [0.4, 0.5) is 5.69 Å². The maximum Gasteiger partial charge on any atom is 0.254 e. The van der Waals surface area contributed by atoms with Crippen molar-refractivity contribution in [2.24, 2.45) is 11.7 Å². The number of ether oxygens (including phenoxy) is 1. The number of carbonyl (C=O) groups is 3. The molecular formula is C26H29N3O4. The molecule has 2 aliphatic heterocycles. The molecule has 0 aromatic heterocycles. The van der Waals surface area contributed by atoms with Crippen molar-refractivity contribution >= 4 is 23.4 Å². The zero-order chi connectivity index (χ0) is 23.1. The average Bonchev–Trinajstić information content (AvgIpc) is 3.37. The van der Waals surface area contributed by atoms with Crippen molar-refractivity contribution in [3.8, 4) is 5.75 Å². The molecule has 0 radical (unpaired) electrons. The van der Waals surface area contributed by atoms with Gasteiger partial charge in [0.1, 0.15) is 11.8 Å². The molecule has 3 aliphatic rings. The number of amides is 3. The second-order valence-electron chi connectivity index (χ2n) is 9.31. The smallest absolute Gasteiger partial charge is 0.254 e. The lowest BCUT2D eigenvalue weighted by molar-refractivity contribution is -0.127. The fourth-order valence-corrected chi connectivity index (χ4v) is 5.70. The predicted octanol–water partition coefficient (Wildman–Crippen LogP) is 3.22. The van der Waals surface area contributed by atoms with Crippen molar-refractivity contribution < 1.29 is 19.1 Å². The van der Waals surface area contributed by atoms with Crippen molar-refractivity contribution in [1.82, 2.24) is 4.90 Å². The van der Waals surface area contributed by atoms with Gasteiger partial charge in [-0.2, -0.15) is 0 Å². The van der Waals surface area contributed by atoms with Crippen LogP contribution >= 0.6 is 0 Å². The molecule has 7 nitrogen and oxygen atoms in total. The Kier molecular flexibility index (Phi) is 5.56. The summed E-state index contributed by atoms with van der Waals surface area (Å²) in [7, 11) is 1.62. The number of carbonyl (C=O) groups excluding carboxylic acids is 3. The minimum Gasteiger partial charge on any atom is -0.497 e. The zero-order valence-electron chi connectivity index (χ0n) is 18.8. The molecule has 2 aromatic rings. The molecule has 7 heteroatoms. The number of rotatable bonds is 5. The molecule has 2 aromatic carbocycles. The fourth-order valence-electron chi connectivity index (χ4n) is 5.70. The molecule has 1 fully saturated rings. The van der Waals surface area contributed by atoms with E-state index >= 15 is 0 Å². The highest BCUT2D eigenvalue weighted by atomic mass is 16.5. The van der Waals surface area contributed by atoms with Crippen molar-refractivity contribution in [3.05, 3.63) is 59.2 Å². The lowest BCUT2D eigenvalue weighted by Gasteiger charge is -2.45. The Morgan fingerprint density at radius 3 is 2.48 bits per heavy atom. The lowest BCUT2D eigenvalue weighted by atomic mass is 9.79. The first-order chi connectivity index (χ1) is 16.0. The Hall–Kier alpha value is -3.35. The second-order valence-corrected chi connectivity index (χ2v) is 9.31. The topological polar surface area (TPSA) is 92.9 Å². The van der Waals surface area contributed by atoms with Gasteiger partial charge in [-0.25, -0.2) is 0 Å². The molecule has 5 rings (SSSR count). The highest BCUT2D eigenvalue weighted by molar-refractivity contribution is 6.06. The van der Waals surface area contributed by atoms with E-state index in [0.29, 0.717) is 30.8 Å². The van der Waals surface area contributed by atoms with Gasteiger partial charge in [-0.15, -0.1) is 0 Å². The first-order valence-corrected chi connectivity index (χ1v) is 11.7. The minimum atomic E-state index is -0.693. The van der Waals surface area contributed by atoms with Crippen LogP contribution in [0.3, 0.4) is 0 Å². The maximum atomic E-state index is 13.5. The van der Waals surface area contributed by atoms with E-state index < -0.39 is 11.9 Å². The first kappa shape index (κ1) is 21.5. The van der Waals surface area contributed by atoms with E-state index in [-0.39, 0.29) is 23.7 Å². The van der Waals surface area contributed by atoms with Gasteiger partial charge in [0.2, 0.25) is 11.8 Å². The molecule has 2 N–H and O–H groups in total. The molecule has 2 heterocycles. The number of anilines is 1. The first-order valence-electron chi connectivity index (χ1n) is 11.7. The van der Waals surface area contributed by atoms with Crippen LogP contribution in [0.1, 0.15) is 59.5 Å². The van der Waals surface area contributed by atoms with Crippen LogP contribution < -0.4 is 15.4 Å². The van der Waals surface area contributed by atoms with E-state index in [2.05, 4.69) is 0 Å². The van der Waals surface area contributed by atoms with E-state index in [1.165, 1.54) is 0 Å². The fraction of sp³-hybridized carbons (Fsp3) is 0.423. The van der Waals surface area contributed by atoms with Crippen molar-refractivity contribution in [2.45, 2.75) is 50.6 Å². The Balaban J connectivity index is 1.50.